The van der Waals surface area contributed by atoms with Crippen LogP contribution in [0.5, 0.6) is 0 Å². The number of rotatable bonds is 3. The van der Waals surface area contributed by atoms with Gasteiger partial charge in [0, 0.05) is 18.2 Å². The van der Waals surface area contributed by atoms with E-state index in [0.717, 1.165) is 11.3 Å². The van der Waals surface area contributed by atoms with Gasteiger partial charge in [-0.2, -0.15) is 0 Å². The molecule has 0 spiro atoms. The predicted molar refractivity (Wildman–Crippen MR) is 75.5 cm³/mol. The van der Waals surface area contributed by atoms with Gasteiger partial charge in [-0.05, 0) is 13.0 Å². The second kappa shape index (κ2) is 4.94. The van der Waals surface area contributed by atoms with E-state index in [-0.39, 0.29) is 11.4 Å². The molecule has 3 rings (SSSR count). The third-order valence-corrected chi connectivity index (χ3v) is 3.60. The van der Waals surface area contributed by atoms with Crippen LogP contribution in [0, 0.1) is 17.0 Å². The van der Waals surface area contributed by atoms with Gasteiger partial charge in [-0.15, -0.1) is 0 Å². The number of benzene rings is 1. The van der Waals surface area contributed by atoms with E-state index < -0.39 is 10.8 Å². The fraction of sp³-hybridized carbons (Fsp3) is 0.0833. The number of non-ortho nitro benzene ring substituents is 1. The maximum absolute atomic E-state index is 11.9. The molecule has 3 aromatic rings. The van der Waals surface area contributed by atoms with Crippen LogP contribution in [0.3, 0.4) is 0 Å². The molecular formula is C12H8N4O4S. The first kappa shape index (κ1) is 13.2. The first-order chi connectivity index (χ1) is 10.0. The Morgan fingerprint density at radius 2 is 2.24 bits per heavy atom. The van der Waals surface area contributed by atoms with Crippen LogP contribution < -0.4 is 5.32 Å². The molecule has 0 fully saturated rings. The van der Waals surface area contributed by atoms with Gasteiger partial charge in [-0.3, -0.25) is 20.2 Å². The molecule has 0 radical (unpaired) electrons. The van der Waals surface area contributed by atoms with Gasteiger partial charge in [0.15, 0.2) is 10.8 Å². The van der Waals surface area contributed by atoms with E-state index in [9.17, 15) is 14.9 Å². The molecule has 0 saturated heterocycles. The van der Waals surface area contributed by atoms with Gasteiger partial charge in [0.1, 0.15) is 5.76 Å². The van der Waals surface area contributed by atoms with E-state index in [4.69, 9.17) is 4.52 Å². The number of fused-ring (bicyclic) bond motifs is 1. The minimum Gasteiger partial charge on any atom is -0.361 e. The average Bonchev–Trinajstić information content (AvgIpc) is 3.03. The molecule has 0 unspecified atom stereocenters. The van der Waals surface area contributed by atoms with Crippen LogP contribution in [-0.2, 0) is 0 Å². The van der Waals surface area contributed by atoms with Crippen molar-refractivity contribution < 1.29 is 14.2 Å². The molecule has 0 atom stereocenters. The van der Waals surface area contributed by atoms with Crippen molar-refractivity contribution in [3.8, 4) is 0 Å². The van der Waals surface area contributed by atoms with Gasteiger partial charge in [0.25, 0.3) is 11.6 Å². The Bertz CT molecular complexity index is 854. The molecule has 9 heteroatoms. The molecule has 2 aromatic heterocycles. The number of aromatic nitrogens is 2. The number of anilines is 1. The molecule has 8 nitrogen and oxygen atoms in total. The number of carbonyl (C=O) groups excluding carboxylic acids is 1. The normalized spacial score (nSPS) is 10.7. The van der Waals surface area contributed by atoms with Crippen molar-refractivity contribution in [1.29, 1.82) is 0 Å². The first-order valence-electron chi connectivity index (χ1n) is 5.82. The monoisotopic (exact) mass is 304 g/mol. The standard InChI is InChI=1S/C12H8N4O4S/c1-6-4-9(15-20-6)11(17)14-12-13-8-3-2-7(16(18)19)5-10(8)21-12/h2-5H,1H3,(H,13,14,17). The summed E-state index contributed by atoms with van der Waals surface area (Å²) in [5, 5.41) is 17.3. The molecule has 0 aliphatic heterocycles. The summed E-state index contributed by atoms with van der Waals surface area (Å²) in [6, 6.07) is 5.84. The smallest absolute Gasteiger partial charge is 0.279 e. The van der Waals surface area contributed by atoms with Crippen molar-refractivity contribution in [3.05, 3.63) is 45.8 Å². The molecule has 0 aliphatic rings. The Morgan fingerprint density at radius 1 is 1.43 bits per heavy atom. The van der Waals surface area contributed by atoms with E-state index >= 15 is 0 Å². The fourth-order valence-electron chi connectivity index (χ4n) is 1.71. The molecule has 0 bridgehead atoms. The summed E-state index contributed by atoms with van der Waals surface area (Å²) in [6.07, 6.45) is 0. The van der Waals surface area contributed by atoms with E-state index in [1.807, 2.05) is 0 Å². The zero-order valence-corrected chi connectivity index (χ0v) is 11.5. The third kappa shape index (κ3) is 2.58. The Kier molecular flexibility index (Phi) is 3.10. The number of nitro benzene ring substituents is 1. The highest BCUT2D eigenvalue weighted by Crippen LogP contribution is 2.29. The molecular weight excluding hydrogens is 296 g/mol. The topological polar surface area (TPSA) is 111 Å². The van der Waals surface area contributed by atoms with Crippen LogP contribution in [0.2, 0.25) is 0 Å². The number of nitrogens with one attached hydrogen (secondary N) is 1. The zero-order valence-electron chi connectivity index (χ0n) is 10.7. The van der Waals surface area contributed by atoms with Crippen LogP contribution in [-0.4, -0.2) is 21.0 Å². The van der Waals surface area contributed by atoms with E-state index in [2.05, 4.69) is 15.5 Å². The number of carbonyl (C=O) groups is 1. The molecule has 1 N–H and O–H groups in total. The summed E-state index contributed by atoms with van der Waals surface area (Å²) < 4.78 is 5.44. The number of thiazole rings is 1. The van der Waals surface area contributed by atoms with Crippen LogP contribution >= 0.6 is 11.3 Å². The summed E-state index contributed by atoms with van der Waals surface area (Å²) in [5.74, 6) is 0.0838. The quantitative estimate of drug-likeness (QED) is 0.588. The van der Waals surface area contributed by atoms with Gasteiger partial charge in [-0.25, -0.2) is 4.98 Å². The fourth-order valence-corrected chi connectivity index (χ4v) is 2.61. The predicted octanol–water partition coefficient (Wildman–Crippen LogP) is 2.75. The number of nitrogens with zero attached hydrogens (tertiary/aromatic N) is 3. The van der Waals surface area contributed by atoms with E-state index in [1.165, 1.54) is 18.2 Å². The lowest BCUT2D eigenvalue weighted by Gasteiger charge is -1.95. The van der Waals surface area contributed by atoms with Crippen molar-refractivity contribution >= 4 is 38.3 Å². The van der Waals surface area contributed by atoms with Crippen LogP contribution in [0.15, 0.2) is 28.8 Å². The van der Waals surface area contributed by atoms with Crippen molar-refractivity contribution in [2.45, 2.75) is 6.92 Å². The molecule has 0 aliphatic carbocycles. The second-order valence-corrected chi connectivity index (χ2v) is 5.24. The van der Waals surface area contributed by atoms with Crippen LogP contribution in [0.4, 0.5) is 10.8 Å². The van der Waals surface area contributed by atoms with Crippen molar-refractivity contribution in [3.63, 3.8) is 0 Å². The minimum absolute atomic E-state index is 0.0175. The zero-order chi connectivity index (χ0) is 15.0. The highest BCUT2D eigenvalue weighted by Gasteiger charge is 2.15. The van der Waals surface area contributed by atoms with Crippen molar-refractivity contribution in [1.82, 2.24) is 10.1 Å². The highest BCUT2D eigenvalue weighted by molar-refractivity contribution is 7.22. The largest absolute Gasteiger partial charge is 0.361 e. The van der Waals surface area contributed by atoms with Gasteiger partial charge in [0.2, 0.25) is 0 Å². The lowest BCUT2D eigenvalue weighted by Crippen LogP contribution is -2.11. The molecule has 2 heterocycles. The van der Waals surface area contributed by atoms with Crippen molar-refractivity contribution in [2.24, 2.45) is 0 Å². The molecule has 1 amide bonds. The third-order valence-electron chi connectivity index (χ3n) is 2.66. The number of hydrogen-bond donors (Lipinski definition) is 1. The van der Waals surface area contributed by atoms with Gasteiger partial charge in [-0.1, -0.05) is 16.5 Å². The SMILES string of the molecule is Cc1cc(C(=O)Nc2nc3ccc([N+](=O)[O-])cc3s2)no1. The maximum atomic E-state index is 11.9. The van der Waals surface area contributed by atoms with Crippen LogP contribution in [0.1, 0.15) is 16.2 Å². The number of amides is 1. The minimum atomic E-state index is -0.477. The summed E-state index contributed by atoms with van der Waals surface area (Å²) in [7, 11) is 0. The first-order valence-corrected chi connectivity index (χ1v) is 6.64. The second-order valence-electron chi connectivity index (χ2n) is 4.21. The van der Waals surface area contributed by atoms with Gasteiger partial charge in [0.05, 0.1) is 15.1 Å². The summed E-state index contributed by atoms with van der Waals surface area (Å²) >= 11 is 1.15. The average molecular weight is 304 g/mol. The lowest BCUT2D eigenvalue weighted by atomic mass is 10.3. The summed E-state index contributed by atoms with van der Waals surface area (Å²) in [4.78, 5) is 26.3. The maximum Gasteiger partial charge on any atom is 0.279 e. The molecule has 0 saturated carbocycles. The van der Waals surface area contributed by atoms with Gasteiger partial charge >= 0.3 is 0 Å². The Labute approximate surface area is 121 Å². The number of hydrogen-bond acceptors (Lipinski definition) is 7. The highest BCUT2D eigenvalue weighted by atomic mass is 32.1. The number of nitro groups is 1. The Balaban J connectivity index is 1.87. The lowest BCUT2D eigenvalue weighted by molar-refractivity contribution is -0.384. The van der Waals surface area contributed by atoms with Crippen LogP contribution in [0.25, 0.3) is 10.2 Å². The van der Waals surface area contributed by atoms with Gasteiger partial charge < -0.3 is 4.52 Å². The van der Waals surface area contributed by atoms with E-state index in [0.29, 0.717) is 21.1 Å². The summed E-state index contributed by atoms with van der Waals surface area (Å²) in [5.41, 5.74) is 0.714. The molecule has 106 valence electrons. The number of aryl methyl sites for hydroxylation is 1. The Morgan fingerprint density at radius 3 is 2.90 bits per heavy atom. The van der Waals surface area contributed by atoms with Crippen molar-refractivity contribution in [2.75, 3.05) is 5.32 Å². The van der Waals surface area contributed by atoms with E-state index in [1.54, 1.807) is 13.0 Å². The summed E-state index contributed by atoms with van der Waals surface area (Å²) in [6.45, 7) is 1.68. The Hall–Kier alpha value is -2.81. The molecule has 1 aromatic carbocycles. The molecule has 21 heavy (non-hydrogen) atoms.